The first-order valence-corrected chi connectivity index (χ1v) is 5.11. The molecule has 1 saturated heterocycles. The Morgan fingerprint density at radius 2 is 2.14 bits per heavy atom. The molecule has 1 aromatic rings. The summed E-state index contributed by atoms with van der Waals surface area (Å²) in [6, 6.07) is 10.8. The molecule has 14 heavy (non-hydrogen) atoms. The fourth-order valence-corrected chi connectivity index (χ4v) is 1.63. The van der Waals surface area contributed by atoms with Crippen LogP contribution in [0.25, 0.3) is 0 Å². The highest BCUT2D eigenvalue weighted by atomic mass is 16.6. The molecule has 3 nitrogen and oxygen atoms in total. The Labute approximate surface area is 84.4 Å². The van der Waals surface area contributed by atoms with Crippen LogP contribution >= 0.6 is 0 Å². The van der Waals surface area contributed by atoms with Crippen LogP contribution in [-0.2, 0) is 4.84 Å². The molecule has 2 N–H and O–H groups in total. The van der Waals surface area contributed by atoms with E-state index >= 15 is 0 Å². The van der Waals surface area contributed by atoms with Crippen molar-refractivity contribution in [3.8, 4) is 0 Å². The SMILES string of the molecule is c1ccc(NC2CCCONC2)cc1. The predicted molar refractivity (Wildman–Crippen MR) is 57.0 cm³/mol. The predicted octanol–water partition coefficient (Wildman–Crippen LogP) is 1.78. The van der Waals surface area contributed by atoms with Crippen molar-refractivity contribution in [2.75, 3.05) is 18.5 Å². The molecule has 0 spiro atoms. The van der Waals surface area contributed by atoms with Gasteiger partial charge >= 0.3 is 0 Å². The van der Waals surface area contributed by atoms with Crippen molar-refractivity contribution in [3.63, 3.8) is 0 Å². The third-order valence-electron chi connectivity index (χ3n) is 2.38. The Bertz CT molecular complexity index is 255. The molecule has 0 bridgehead atoms. The number of anilines is 1. The zero-order chi connectivity index (χ0) is 9.64. The van der Waals surface area contributed by atoms with E-state index in [0.717, 1.165) is 26.0 Å². The van der Waals surface area contributed by atoms with Crippen molar-refractivity contribution in [1.82, 2.24) is 5.48 Å². The molecule has 2 rings (SSSR count). The average molecular weight is 192 g/mol. The lowest BCUT2D eigenvalue weighted by atomic mass is 10.1. The summed E-state index contributed by atoms with van der Waals surface area (Å²) in [5.74, 6) is 0. The second-order valence-corrected chi connectivity index (χ2v) is 3.55. The molecule has 1 unspecified atom stereocenters. The molecular weight excluding hydrogens is 176 g/mol. The highest BCUT2D eigenvalue weighted by Crippen LogP contribution is 2.10. The summed E-state index contributed by atoms with van der Waals surface area (Å²) in [5.41, 5.74) is 4.14. The number of para-hydroxylation sites is 1. The van der Waals surface area contributed by atoms with Crippen LogP contribution in [0, 0.1) is 0 Å². The number of benzene rings is 1. The first-order chi connectivity index (χ1) is 6.95. The van der Waals surface area contributed by atoms with Gasteiger partial charge in [0.05, 0.1) is 6.61 Å². The Hall–Kier alpha value is -1.06. The lowest BCUT2D eigenvalue weighted by Crippen LogP contribution is -2.30. The maximum atomic E-state index is 5.17. The van der Waals surface area contributed by atoms with Crippen molar-refractivity contribution in [3.05, 3.63) is 30.3 Å². The Kier molecular flexibility index (Phi) is 3.38. The van der Waals surface area contributed by atoms with E-state index in [0.29, 0.717) is 6.04 Å². The molecular formula is C11H16N2O. The molecule has 3 heteroatoms. The van der Waals surface area contributed by atoms with Crippen LogP contribution in [0.15, 0.2) is 30.3 Å². The zero-order valence-electron chi connectivity index (χ0n) is 8.20. The molecule has 1 atom stereocenters. The second-order valence-electron chi connectivity index (χ2n) is 3.55. The quantitative estimate of drug-likeness (QED) is 0.749. The fraction of sp³-hybridized carbons (Fsp3) is 0.455. The van der Waals surface area contributed by atoms with Crippen molar-refractivity contribution >= 4 is 5.69 Å². The topological polar surface area (TPSA) is 33.3 Å². The number of hydrogen-bond donors (Lipinski definition) is 2. The lowest BCUT2D eigenvalue weighted by molar-refractivity contribution is 0.0519. The van der Waals surface area contributed by atoms with Gasteiger partial charge in [0.25, 0.3) is 0 Å². The minimum Gasteiger partial charge on any atom is -0.381 e. The largest absolute Gasteiger partial charge is 0.381 e. The van der Waals surface area contributed by atoms with Gasteiger partial charge in [0, 0.05) is 18.3 Å². The summed E-state index contributed by atoms with van der Waals surface area (Å²) in [5, 5.41) is 3.48. The third kappa shape index (κ3) is 2.72. The highest BCUT2D eigenvalue weighted by Gasteiger charge is 2.11. The molecule has 1 fully saturated rings. The first-order valence-electron chi connectivity index (χ1n) is 5.11. The third-order valence-corrected chi connectivity index (χ3v) is 2.38. The van der Waals surface area contributed by atoms with Gasteiger partial charge in [0.1, 0.15) is 0 Å². The van der Waals surface area contributed by atoms with Crippen molar-refractivity contribution in [2.45, 2.75) is 18.9 Å². The first kappa shape index (κ1) is 9.49. The van der Waals surface area contributed by atoms with E-state index in [9.17, 15) is 0 Å². The van der Waals surface area contributed by atoms with E-state index < -0.39 is 0 Å². The Morgan fingerprint density at radius 3 is 3.00 bits per heavy atom. The monoisotopic (exact) mass is 192 g/mol. The van der Waals surface area contributed by atoms with Crippen LogP contribution in [0.1, 0.15) is 12.8 Å². The number of hydroxylamine groups is 1. The number of nitrogens with one attached hydrogen (secondary N) is 2. The molecule has 0 amide bonds. The molecule has 76 valence electrons. The van der Waals surface area contributed by atoms with Gasteiger partial charge in [-0.3, -0.25) is 0 Å². The van der Waals surface area contributed by atoms with E-state index in [1.165, 1.54) is 5.69 Å². The fourth-order valence-electron chi connectivity index (χ4n) is 1.63. The van der Waals surface area contributed by atoms with Gasteiger partial charge in [-0.05, 0) is 25.0 Å². The molecule has 0 saturated carbocycles. The average Bonchev–Trinajstić information content (AvgIpc) is 2.48. The maximum absolute atomic E-state index is 5.17. The van der Waals surface area contributed by atoms with Gasteiger partial charge in [0.15, 0.2) is 0 Å². The highest BCUT2D eigenvalue weighted by molar-refractivity contribution is 5.43. The second kappa shape index (κ2) is 4.98. The molecule has 0 radical (unpaired) electrons. The van der Waals surface area contributed by atoms with Gasteiger partial charge in [-0.25, -0.2) is 5.48 Å². The molecule has 1 aliphatic rings. The van der Waals surface area contributed by atoms with Crippen LogP contribution < -0.4 is 10.8 Å². The van der Waals surface area contributed by atoms with Crippen LogP contribution in [0.3, 0.4) is 0 Å². The molecule has 0 aromatic heterocycles. The van der Waals surface area contributed by atoms with Crippen LogP contribution in [0.2, 0.25) is 0 Å². The van der Waals surface area contributed by atoms with Gasteiger partial charge < -0.3 is 10.2 Å². The van der Waals surface area contributed by atoms with Crippen LogP contribution in [0.5, 0.6) is 0 Å². The number of hydrogen-bond acceptors (Lipinski definition) is 3. The number of rotatable bonds is 2. The van der Waals surface area contributed by atoms with E-state index in [4.69, 9.17) is 4.84 Å². The van der Waals surface area contributed by atoms with E-state index in [-0.39, 0.29) is 0 Å². The summed E-state index contributed by atoms with van der Waals surface area (Å²) in [4.78, 5) is 5.17. The van der Waals surface area contributed by atoms with E-state index in [1.54, 1.807) is 0 Å². The molecule has 1 heterocycles. The van der Waals surface area contributed by atoms with Crippen LogP contribution in [-0.4, -0.2) is 19.2 Å². The smallest absolute Gasteiger partial charge is 0.0682 e. The van der Waals surface area contributed by atoms with Gasteiger partial charge in [-0.2, -0.15) is 0 Å². The van der Waals surface area contributed by atoms with Gasteiger partial charge in [0.2, 0.25) is 0 Å². The minimum absolute atomic E-state index is 0.472. The van der Waals surface area contributed by atoms with Crippen LogP contribution in [0.4, 0.5) is 5.69 Å². The lowest BCUT2D eigenvalue weighted by Gasteiger charge is -2.16. The van der Waals surface area contributed by atoms with Gasteiger partial charge in [-0.1, -0.05) is 18.2 Å². The zero-order valence-corrected chi connectivity index (χ0v) is 8.20. The summed E-state index contributed by atoms with van der Waals surface area (Å²) in [6.45, 7) is 1.68. The summed E-state index contributed by atoms with van der Waals surface area (Å²) >= 11 is 0. The summed E-state index contributed by atoms with van der Waals surface area (Å²) < 4.78 is 0. The summed E-state index contributed by atoms with van der Waals surface area (Å²) in [7, 11) is 0. The summed E-state index contributed by atoms with van der Waals surface area (Å²) in [6.07, 6.45) is 2.26. The minimum atomic E-state index is 0.472. The van der Waals surface area contributed by atoms with Crippen molar-refractivity contribution < 1.29 is 4.84 Å². The molecule has 0 aliphatic carbocycles. The van der Waals surface area contributed by atoms with E-state index in [1.807, 2.05) is 18.2 Å². The molecule has 1 aliphatic heterocycles. The Balaban J connectivity index is 1.90. The van der Waals surface area contributed by atoms with Crippen molar-refractivity contribution in [1.29, 1.82) is 0 Å². The normalized spacial score (nSPS) is 22.7. The van der Waals surface area contributed by atoms with Crippen molar-refractivity contribution in [2.24, 2.45) is 0 Å². The maximum Gasteiger partial charge on any atom is 0.0682 e. The Morgan fingerprint density at radius 1 is 1.29 bits per heavy atom. The molecule has 1 aromatic carbocycles. The van der Waals surface area contributed by atoms with Gasteiger partial charge in [-0.15, -0.1) is 0 Å². The standard InChI is InChI=1S/C11H16N2O/c1-2-5-10(6-3-1)13-11-7-4-8-14-12-9-11/h1-3,5-6,11-13H,4,7-9H2. The van der Waals surface area contributed by atoms with E-state index in [2.05, 4.69) is 22.9 Å².